The molecule has 0 aliphatic carbocycles. The van der Waals surface area contributed by atoms with Gasteiger partial charge in [-0.1, -0.05) is 29.8 Å². The smallest absolute Gasteiger partial charge is 0.193 e. The van der Waals surface area contributed by atoms with Crippen LogP contribution in [-0.2, 0) is 6.42 Å². The molecule has 0 atom stereocenters. The Kier molecular flexibility index (Phi) is 5.83. The van der Waals surface area contributed by atoms with E-state index in [0.29, 0.717) is 12.5 Å². The van der Waals surface area contributed by atoms with Gasteiger partial charge in [-0.05, 0) is 49.6 Å². The molecule has 2 aromatic rings. The lowest BCUT2D eigenvalue weighted by Gasteiger charge is -2.06. The van der Waals surface area contributed by atoms with Crippen molar-refractivity contribution in [1.29, 1.82) is 0 Å². The van der Waals surface area contributed by atoms with E-state index in [-0.39, 0.29) is 0 Å². The Morgan fingerprint density at radius 1 is 1.09 bits per heavy atom. The molecule has 0 aromatic heterocycles. The molecule has 0 unspecified atom stereocenters. The fourth-order valence-corrected chi connectivity index (χ4v) is 2.10. The summed E-state index contributed by atoms with van der Waals surface area (Å²) in [6.07, 6.45) is 1.94. The second-order valence-corrected chi connectivity index (χ2v) is 5.21. The Hall–Kier alpha value is -2.49. The van der Waals surface area contributed by atoms with E-state index < -0.39 is 0 Å². The number of ether oxygens (including phenoxy) is 1. The molecule has 0 bridgehead atoms. The van der Waals surface area contributed by atoms with Gasteiger partial charge in [0.15, 0.2) is 5.96 Å². The average Bonchev–Trinajstić information content (AvgIpc) is 2.54. The molecule has 0 fully saturated rings. The number of anilines is 1. The predicted molar refractivity (Wildman–Crippen MR) is 92.6 cm³/mol. The molecule has 4 nitrogen and oxygen atoms in total. The normalized spacial score (nSPS) is 11.3. The number of guanidine groups is 1. The summed E-state index contributed by atoms with van der Waals surface area (Å²) in [7, 11) is 1.67. The SMILES string of the molecule is COc1ccc(CCCN=C(N)Nc2ccc(C)cc2)cc1. The fourth-order valence-electron chi connectivity index (χ4n) is 2.10. The lowest BCUT2D eigenvalue weighted by molar-refractivity contribution is 0.414. The molecule has 4 heteroatoms. The van der Waals surface area contributed by atoms with Crippen molar-refractivity contribution in [3.05, 3.63) is 59.7 Å². The van der Waals surface area contributed by atoms with Gasteiger partial charge in [0, 0.05) is 12.2 Å². The summed E-state index contributed by atoms with van der Waals surface area (Å²) in [5.74, 6) is 1.34. The summed E-state index contributed by atoms with van der Waals surface area (Å²) < 4.78 is 5.14. The van der Waals surface area contributed by atoms with Crippen molar-refractivity contribution in [1.82, 2.24) is 0 Å². The number of nitrogens with zero attached hydrogens (tertiary/aromatic N) is 1. The molecule has 22 heavy (non-hydrogen) atoms. The van der Waals surface area contributed by atoms with E-state index in [1.54, 1.807) is 7.11 Å². The number of rotatable bonds is 6. The van der Waals surface area contributed by atoms with Crippen molar-refractivity contribution in [2.75, 3.05) is 19.0 Å². The minimum Gasteiger partial charge on any atom is -0.497 e. The zero-order valence-electron chi connectivity index (χ0n) is 13.2. The number of benzene rings is 2. The number of nitrogens with two attached hydrogens (primary N) is 1. The first-order valence-corrected chi connectivity index (χ1v) is 7.44. The van der Waals surface area contributed by atoms with E-state index >= 15 is 0 Å². The molecule has 0 spiro atoms. The van der Waals surface area contributed by atoms with E-state index in [2.05, 4.69) is 29.4 Å². The Bertz CT molecular complexity index is 603. The lowest BCUT2D eigenvalue weighted by atomic mass is 10.1. The summed E-state index contributed by atoms with van der Waals surface area (Å²) in [5.41, 5.74) is 9.35. The van der Waals surface area contributed by atoms with E-state index in [4.69, 9.17) is 10.5 Å². The number of hydrogen-bond acceptors (Lipinski definition) is 2. The zero-order valence-corrected chi connectivity index (χ0v) is 13.2. The number of nitrogens with one attached hydrogen (secondary N) is 1. The number of aliphatic imine (C=N–C) groups is 1. The summed E-state index contributed by atoms with van der Waals surface area (Å²) >= 11 is 0. The van der Waals surface area contributed by atoms with Crippen LogP contribution in [0.5, 0.6) is 5.75 Å². The van der Waals surface area contributed by atoms with Gasteiger partial charge in [-0.3, -0.25) is 4.99 Å². The topological polar surface area (TPSA) is 59.6 Å². The summed E-state index contributed by atoms with van der Waals surface area (Å²) in [6.45, 7) is 2.76. The first kappa shape index (κ1) is 15.9. The molecule has 0 aliphatic heterocycles. The van der Waals surface area contributed by atoms with Crippen LogP contribution < -0.4 is 15.8 Å². The fraction of sp³-hybridized carbons (Fsp3) is 0.278. The van der Waals surface area contributed by atoms with Crippen LogP contribution in [0.25, 0.3) is 0 Å². The quantitative estimate of drug-likeness (QED) is 0.488. The van der Waals surface area contributed by atoms with Gasteiger partial charge in [-0.2, -0.15) is 0 Å². The molecule has 2 aromatic carbocycles. The molecule has 2 rings (SSSR count). The zero-order chi connectivity index (χ0) is 15.8. The molecule has 0 saturated heterocycles. The van der Waals surface area contributed by atoms with Crippen LogP contribution in [0.2, 0.25) is 0 Å². The second kappa shape index (κ2) is 8.08. The second-order valence-electron chi connectivity index (χ2n) is 5.21. The van der Waals surface area contributed by atoms with E-state index in [0.717, 1.165) is 24.3 Å². The maximum atomic E-state index is 5.88. The monoisotopic (exact) mass is 297 g/mol. The van der Waals surface area contributed by atoms with Crippen LogP contribution in [0.15, 0.2) is 53.5 Å². The van der Waals surface area contributed by atoms with E-state index in [1.807, 2.05) is 36.4 Å². The highest BCUT2D eigenvalue weighted by molar-refractivity contribution is 5.92. The lowest BCUT2D eigenvalue weighted by Crippen LogP contribution is -2.22. The Balaban J connectivity index is 1.75. The maximum absolute atomic E-state index is 5.88. The van der Waals surface area contributed by atoms with E-state index in [1.165, 1.54) is 11.1 Å². The van der Waals surface area contributed by atoms with Gasteiger partial charge in [-0.15, -0.1) is 0 Å². The average molecular weight is 297 g/mol. The van der Waals surface area contributed by atoms with Crippen LogP contribution in [0, 0.1) is 6.92 Å². The first-order chi connectivity index (χ1) is 10.7. The van der Waals surface area contributed by atoms with Gasteiger partial charge in [-0.25, -0.2) is 0 Å². The molecule has 0 radical (unpaired) electrons. The van der Waals surface area contributed by atoms with Crippen molar-refractivity contribution in [3.63, 3.8) is 0 Å². The highest BCUT2D eigenvalue weighted by Gasteiger charge is 1.96. The molecule has 0 aliphatic rings. The van der Waals surface area contributed by atoms with Gasteiger partial charge in [0.05, 0.1) is 7.11 Å². The minimum atomic E-state index is 0.457. The molecular weight excluding hydrogens is 274 g/mol. The van der Waals surface area contributed by atoms with Crippen LogP contribution >= 0.6 is 0 Å². The third kappa shape index (κ3) is 5.13. The summed E-state index contributed by atoms with van der Waals surface area (Å²) in [6, 6.07) is 16.2. The third-order valence-electron chi connectivity index (χ3n) is 3.39. The third-order valence-corrected chi connectivity index (χ3v) is 3.39. The number of hydrogen-bond donors (Lipinski definition) is 2. The van der Waals surface area contributed by atoms with Crippen LogP contribution in [0.3, 0.4) is 0 Å². The molecular formula is C18H23N3O. The Labute approximate surface area is 132 Å². The van der Waals surface area contributed by atoms with Crippen LogP contribution in [0.4, 0.5) is 5.69 Å². The Morgan fingerprint density at radius 3 is 2.41 bits per heavy atom. The highest BCUT2D eigenvalue weighted by Crippen LogP contribution is 2.12. The minimum absolute atomic E-state index is 0.457. The number of methoxy groups -OCH3 is 1. The van der Waals surface area contributed by atoms with Crippen LogP contribution in [-0.4, -0.2) is 19.6 Å². The van der Waals surface area contributed by atoms with Gasteiger partial charge < -0.3 is 15.8 Å². The standard InChI is InChI=1S/C18H23N3O/c1-14-5-9-16(10-6-14)21-18(19)20-13-3-4-15-7-11-17(22-2)12-8-15/h5-12H,3-4,13H2,1-2H3,(H3,19,20,21). The molecule has 0 saturated carbocycles. The van der Waals surface area contributed by atoms with Gasteiger partial charge >= 0.3 is 0 Å². The van der Waals surface area contributed by atoms with Crippen molar-refractivity contribution < 1.29 is 4.74 Å². The molecule has 0 amide bonds. The van der Waals surface area contributed by atoms with Crippen molar-refractivity contribution in [2.45, 2.75) is 19.8 Å². The largest absolute Gasteiger partial charge is 0.497 e. The predicted octanol–water partition coefficient (Wildman–Crippen LogP) is 3.36. The summed E-state index contributed by atoms with van der Waals surface area (Å²) in [5, 5.41) is 3.09. The summed E-state index contributed by atoms with van der Waals surface area (Å²) in [4.78, 5) is 4.35. The molecule has 3 N–H and O–H groups in total. The first-order valence-electron chi connectivity index (χ1n) is 7.44. The molecule has 116 valence electrons. The highest BCUT2D eigenvalue weighted by atomic mass is 16.5. The maximum Gasteiger partial charge on any atom is 0.193 e. The van der Waals surface area contributed by atoms with Crippen molar-refractivity contribution in [3.8, 4) is 5.75 Å². The van der Waals surface area contributed by atoms with Crippen LogP contribution in [0.1, 0.15) is 17.5 Å². The molecule has 0 heterocycles. The van der Waals surface area contributed by atoms with E-state index in [9.17, 15) is 0 Å². The van der Waals surface area contributed by atoms with Gasteiger partial charge in [0.2, 0.25) is 0 Å². The van der Waals surface area contributed by atoms with Gasteiger partial charge in [0.25, 0.3) is 0 Å². The van der Waals surface area contributed by atoms with Crippen molar-refractivity contribution >= 4 is 11.6 Å². The van der Waals surface area contributed by atoms with Crippen molar-refractivity contribution in [2.24, 2.45) is 10.7 Å². The number of aryl methyl sites for hydroxylation is 2. The van der Waals surface area contributed by atoms with Gasteiger partial charge in [0.1, 0.15) is 5.75 Å². The Morgan fingerprint density at radius 2 is 1.77 bits per heavy atom.